The molecule has 2 aliphatic rings. The van der Waals surface area contributed by atoms with Crippen molar-refractivity contribution in [2.45, 2.75) is 78.6 Å². The highest BCUT2D eigenvalue weighted by molar-refractivity contribution is 5.87. The molecule has 5 atom stereocenters. The predicted molar refractivity (Wildman–Crippen MR) is 151 cm³/mol. The molecule has 1 saturated heterocycles. The van der Waals surface area contributed by atoms with Crippen molar-refractivity contribution in [1.82, 2.24) is 26.1 Å². The lowest BCUT2D eigenvalue weighted by Crippen LogP contribution is -2.58. The first-order valence-corrected chi connectivity index (χ1v) is 13.9. The SMILES string of the molecule is CC(C)[C@@H]1OC(=O)C(C)(C)/C=C/c2ccc3ccc(nc3c2)[C@@H](C)NC(=O)[C@@H]2CCCN(C[C@H](C)NC1=O)N2. The number of nitrogens with zero attached hydrogens (tertiary/aromatic N) is 2. The van der Waals surface area contributed by atoms with Crippen molar-refractivity contribution in [1.29, 1.82) is 0 Å². The van der Waals surface area contributed by atoms with E-state index in [0.717, 1.165) is 41.5 Å². The molecule has 1 unspecified atom stereocenters. The summed E-state index contributed by atoms with van der Waals surface area (Å²) >= 11 is 0. The van der Waals surface area contributed by atoms with Gasteiger partial charge in [-0.2, -0.15) is 0 Å². The van der Waals surface area contributed by atoms with E-state index in [1.165, 1.54) is 0 Å². The minimum atomic E-state index is -0.951. The Hall–Kier alpha value is -3.30. The van der Waals surface area contributed by atoms with Gasteiger partial charge in [0.05, 0.1) is 22.7 Å². The van der Waals surface area contributed by atoms with Crippen molar-refractivity contribution in [2.24, 2.45) is 11.3 Å². The van der Waals surface area contributed by atoms with E-state index in [1.807, 2.05) is 69.1 Å². The Morgan fingerprint density at radius 1 is 1.05 bits per heavy atom. The molecule has 0 aliphatic carbocycles. The number of amides is 2. The third kappa shape index (κ3) is 7.02. The fraction of sp³-hybridized carbons (Fsp3) is 0.533. The van der Waals surface area contributed by atoms with Crippen molar-refractivity contribution in [3.63, 3.8) is 0 Å². The summed E-state index contributed by atoms with van der Waals surface area (Å²) < 4.78 is 5.78. The van der Waals surface area contributed by atoms with Crippen molar-refractivity contribution >= 4 is 34.8 Å². The number of fused-ring (bicyclic) bond motifs is 4. The molecular weight excluding hydrogens is 494 g/mol. The van der Waals surface area contributed by atoms with Crippen LogP contribution in [0.25, 0.3) is 17.0 Å². The molecule has 210 valence electrons. The maximum Gasteiger partial charge on any atom is 0.316 e. The van der Waals surface area contributed by atoms with E-state index < -0.39 is 17.5 Å². The van der Waals surface area contributed by atoms with Crippen LogP contribution in [-0.4, -0.2) is 59.1 Å². The summed E-state index contributed by atoms with van der Waals surface area (Å²) in [5.41, 5.74) is 4.83. The topological polar surface area (TPSA) is 113 Å². The number of hydrogen-bond donors (Lipinski definition) is 3. The molecule has 39 heavy (non-hydrogen) atoms. The van der Waals surface area contributed by atoms with Gasteiger partial charge in [-0.25, -0.2) is 10.4 Å². The van der Waals surface area contributed by atoms with Gasteiger partial charge in [0.1, 0.15) is 6.04 Å². The van der Waals surface area contributed by atoms with Gasteiger partial charge in [0, 0.05) is 24.5 Å². The van der Waals surface area contributed by atoms with Gasteiger partial charge in [-0.05, 0) is 64.2 Å². The standard InChI is InChI=1S/C30H41N5O4/c1-18(2)26-28(37)31-19(3)17-35-15-7-8-24(34-35)27(36)32-20(4)23-12-11-22-10-9-21(16-25(22)33-23)13-14-30(5,6)29(38)39-26/h9-14,16,18-20,24,26,34H,7-8,15,17H2,1-6H3,(H,31,37)(H,32,36)/b14-13+/t19-,20+,24-,26-/m0/s1. The van der Waals surface area contributed by atoms with Gasteiger partial charge in [0.25, 0.3) is 5.91 Å². The van der Waals surface area contributed by atoms with Crippen molar-refractivity contribution in [3.8, 4) is 0 Å². The molecule has 1 fully saturated rings. The number of benzene rings is 1. The highest BCUT2D eigenvalue weighted by Crippen LogP contribution is 2.25. The maximum atomic E-state index is 13.2. The Bertz CT molecular complexity index is 1260. The molecule has 3 heterocycles. The molecule has 5 bridgehead atoms. The van der Waals surface area contributed by atoms with Crippen LogP contribution in [-0.2, 0) is 19.1 Å². The molecule has 1 aromatic carbocycles. The molecule has 2 aliphatic heterocycles. The number of aromatic nitrogens is 1. The largest absolute Gasteiger partial charge is 0.451 e. The van der Waals surface area contributed by atoms with Crippen LogP contribution >= 0.6 is 0 Å². The Labute approximate surface area is 230 Å². The zero-order chi connectivity index (χ0) is 28.3. The Kier molecular flexibility index (Phi) is 8.71. The number of esters is 1. The van der Waals surface area contributed by atoms with Gasteiger partial charge in [-0.3, -0.25) is 19.4 Å². The van der Waals surface area contributed by atoms with E-state index in [9.17, 15) is 14.4 Å². The normalized spacial score (nSPS) is 29.4. The zero-order valence-corrected chi connectivity index (χ0v) is 23.8. The van der Waals surface area contributed by atoms with E-state index in [4.69, 9.17) is 9.72 Å². The van der Waals surface area contributed by atoms with Gasteiger partial charge in [0.2, 0.25) is 5.91 Å². The molecular formula is C30H41N5O4. The number of nitrogens with one attached hydrogen (secondary N) is 3. The third-order valence-electron chi connectivity index (χ3n) is 7.32. The highest BCUT2D eigenvalue weighted by Gasteiger charge is 2.34. The lowest BCUT2D eigenvalue weighted by molar-refractivity contribution is -0.165. The second-order valence-corrected chi connectivity index (χ2v) is 11.7. The summed E-state index contributed by atoms with van der Waals surface area (Å²) in [4.78, 5) is 44.3. The number of carbonyl (C=O) groups is 3. The van der Waals surface area contributed by atoms with Crippen LogP contribution in [0.5, 0.6) is 0 Å². The number of cyclic esters (lactones) is 1. The minimum Gasteiger partial charge on any atom is -0.451 e. The van der Waals surface area contributed by atoms with Crippen molar-refractivity contribution in [3.05, 3.63) is 47.7 Å². The smallest absolute Gasteiger partial charge is 0.316 e. The zero-order valence-electron chi connectivity index (χ0n) is 23.8. The number of hydrogen-bond acceptors (Lipinski definition) is 7. The van der Waals surface area contributed by atoms with Crippen LogP contribution in [0.2, 0.25) is 0 Å². The van der Waals surface area contributed by atoms with E-state index in [-0.39, 0.29) is 35.9 Å². The average molecular weight is 536 g/mol. The first kappa shape index (κ1) is 28.7. The minimum absolute atomic E-state index is 0.0811. The van der Waals surface area contributed by atoms with Gasteiger partial charge in [-0.1, -0.05) is 44.2 Å². The molecule has 0 radical (unpaired) electrons. The molecule has 2 aromatic rings. The molecule has 9 nitrogen and oxygen atoms in total. The summed E-state index contributed by atoms with van der Waals surface area (Å²) in [5, 5.41) is 9.06. The number of rotatable bonds is 1. The van der Waals surface area contributed by atoms with Gasteiger partial charge in [-0.15, -0.1) is 0 Å². The highest BCUT2D eigenvalue weighted by atomic mass is 16.5. The molecule has 9 heteroatoms. The summed E-state index contributed by atoms with van der Waals surface area (Å²) in [6.07, 6.45) is 4.32. The van der Waals surface area contributed by atoms with Crippen LogP contribution in [0, 0.1) is 11.3 Å². The lowest BCUT2D eigenvalue weighted by atomic mass is 9.92. The summed E-state index contributed by atoms with van der Waals surface area (Å²) in [7, 11) is 0. The van der Waals surface area contributed by atoms with Crippen molar-refractivity contribution in [2.75, 3.05) is 13.1 Å². The first-order chi connectivity index (χ1) is 18.4. The fourth-order valence-electron chi connectivity index (χ4n) is 4.89. The summed E-state index contributed by atoms with van der Waals surface area (Å²) in [6.45, 7) is 12.4. The third-order valence-corrected chi connectivity index (χ3v) is 7.32. The van der Waals surface area contributed by atoms with Gasteiger partial charge in [0.15, 0.2) is 6.10 Å². The van der Waals surface area contributed by atoms with Crippen LogP contribution < -0.4 is 16.1 Å². The van der Waals surface area contributed by atoms with Crippen LogP contribution in [0.3, 0.4) is 0 Å². The summed E-state index contributed by atoms with van der Waals surface area (Å²) in [6, 6.07) is 8.98. The molecule has 0 saturated carbocycles. The van der Waals surface area contributed by atoms with E-state index >= 15 is 0 Å². The average Bonchev–Trinajstić information content (AvgIpc) is 2.89. The second kappa shape index (κ2) is 11.8. The Morgan fingerprint density at radius 2 is 1.79 bits per heavy atom. The molecule has 0 spiro atoms. The molecule has 1 aromatic heterocycles. The van der Waals surface area contributed by atoms with Gasteiger partial charge < -0.3 is 15.4 Å². The first-order valence-electron chi connectivity index (χ1n) is 13.9. The number of hydrazine groups is 1. The van der Waals surface area contributed by atoms with E-state index in [0.29, 0.717) is 6.54 Å². The maximum absolute atomic E-state index is 13.2. The van der Waals surface area contributed by atoms with E-state index in [1.54, 1.807) is 19.9 Å². The van der Waals surface area contributed by atoms with E-state index in [2.05, 4.69) is 16.1 Å². The summed E-state index contributed by atoms with van der Waals surface area (Å²) in [5.74, 6) is -1.08. The Morgan fingerprint density at radius 3 is 2.54 bits per heavy atom. The van der Waals surface area contributed by atoms with Crippen LogP contribution in [0.1, 0.15) is 71.7 Å². The Balaban J connectivity index is 1.68. The predicted octanol–water partition coefficient (Wildman–Crippen LogP) is 3.51. The number of ether oxygens (including phenoxy) is 1. The second-order valence-electron chi connectivity index (χ2n) is 11.7. The molecule has 4 rings (SSSR count). The van der Waals surface area contributed by atoms with Crippen LogP contribution in [0.15, 0.2) is 36.4 Å². The molecule has 2 amide bonds. The van der Waals surface area contributed by atoms with Gasteiger partial charge >= 0.3 is 5.97 Å². The fourth-order valence-corrected chi connectivity index (χ4v) is 4.89. The lowest BCUT2D eigenvalue weighted by Gasteiger charge is -2.35. The monoisotopic (exact) mass is 535 g/mol. The van der Waals surface area contributed by atoms with Crippen molar-refractivity contribution < 1.29 is 19.1 Å². The number of pyridine rings is 1. The van der Waals surface area contributed by atoms with Crippen LogP contribution in [0.4, 0.5) is 0 Å². The number of carbonyl (C=O) groups excluding carboxylic acids is 3. The molecule has 3 N–H and O–H groups in total. The quantitative estimate of drug-likeness (QED) is 0.479.